The van der Waals surface area contributed by atoms with E-state index in [-0.39, 0.29) is 18.4 Å². The third-order valence-corrected chi connectivity index (χ3v) is 5.08. The van der Waals surface area contributed by atoms with Crippen molar-refractivity contribution in [3.05, 3.63) is 96.6 Å². The molecule has 4 rings (SSSR count). The highest BCUT2D eigenvalue weighted by molar-refractivity contribution is 6.05. The summed E-state index contributed by atoms with van der Waals surface area (Å²) in [5, 5.41) is 11.1. The SMILES string of the molecule is CCOc1ccc(NC(=O)c2ccc(NC(=O)CNc3cccc4ccccc34)cc2)cc1. The maximum Gasteiger partial charge on any atom is 0.255 e. The minimum absolute atomic E-state index is 0.133. The molecule has 0 fully saturated rings. The fourth-order valence-corrected chi connectivity index (χ4v) is 3.47. The first-order valence-corrected chi connectivity index (χ1v) is 10.8. The summed E-state index contributed by atoms with van der Waals surface area (Å²) in [7, 11) is 0. The average Bonchev–Trinajstić information content (AvgIpc) is 2.84. The zero-order valence-corrected chi connectivity index (χ0v) is 18.3. The predicted octanol–water partition coefficient (Wildman–Crippen LogP) is 5.54. The van der Waals surface area contributed by atoms with E-state index in [2.05, 4.69) is 16.0 Å². The lowest BCUT2D eigenvalue weighted by atomic mass is 10.1. The van der Waals surface area contributed by atoms with Crippen LogP contribution in [0.3, 0.4) is 0 Å². The van der Waals surface area contributed by atoms with Crippen LogP contribution in [0.2, 0.25) is 0 Å². The molecule has 0 saturated carbocycles. The molecule has 33 heavy (non-hydrogen) atoms. The molecular weight excluding hydrogens is 414 g/mol. The van der Waals surface area contributed by atoms with E-state index >= 15 is 0 Å². The number of carbonyl (C=O) groups is 2. The lowest BCUT2D eigenvalue weighted by molar-refractivity contribution is -0.114. The number of nitrogens with one attached hydrogen (secondary N) is 3. The Hall–Kier alpha value is -4.32. The molecular formula is C27H25N3O3. The molecule has 4 aromatic carbocycles. The van der Waals surface area contributed by atoms with Gasteiger partial charge in [-0.3, -0.25) is 9.59 Å². The molecule has 0 radical (unpaired) electrons. The van der Waals surface area contributed by atoms with Gasteiger partial charge in [0.1, 0.15) is 5.75 Å². The molecule has 6 nitrogen and oxygen atoms in total. The molecule has 3 N–H and O–H groups in total. The van der Waals surface area contributed by atoms with E-state index in [0.717, 1.165) is 22.2 Å². The molecule has 0 atom stereocenters. The lowest BCUT2D eigenvalue weighted by Crippen LogP contribution is -2.22. The van der Waals surface area contributed by atoms with E-state index in [1.807, 2.05) is 61.5 Å². The molecule has 0 unspecified atom stereocenters. The molecule has 166 valence electrons. The maximum absolute atomic E-state index is 12.5. The van der Waals surface area contributed by atoms with Crippen LogP contribution in [-0.4, -0.2) is 25.0 Å². The smallest absolute Gasteiger partial charge is 0.255 e. The summed E-state index contributed by atoms with van der Waals surface area (Å²) >= 11 is 0. The van der Waals surface area contributed by atoms with Crippen molar-refractivity contribution in [3.8, 4) is 5.75 Å². The number of ether oxygens (including phenoxy) is 1. The van der Waals surface area contributed by atoms with Gasteiger partial charge in [-0.25, -0.2) is 0 Å². The lowest BCUT2D eigenvalue weighted by Gasteiger charge is -2.11. The Bertz CT molecular complexity index is 1250. The number of hydrogen-bond donors (Lipinski definition) is 3. The topological polar surface area (TPSA) is 79.5 Å². The highest BCUT2D eigenvalue weighted by atomic mass is 16.5. The Kier molecular flexibility index (Phi) is 6.85. The number of fused-ring (bicyclic) bond motifs is 1. The van der Waals surface area contributed by atoms with Crippen LogP contribution < -0.4 is 20.7 Å². The van der Waals surface area contributed by atoms with Crippen molar-refractivity contribution >= 4 is 39.6 Å². The quantitative estimate of drug-likeness (QED) is 0.337. The maximum atomic E-state index is 12.5. The number of anilines is 3. The molecule has 0 aliphatic heterocycles. The van der Waals surface area contributed by atoms with Crippen LogP contribution in [0.1, 0.15) is 17.3 Å². The van der Waals surface area contributed by atoms with Crippen molar-refractivity contribution in [1.82, 2.24) is 0 Å². The van der Waals surface area contributed by atoms with Crippen LogP contribution >= 0.6 is 0 Å². The van der Waals surface area contributed by atoms with Crippen molar-refractivity contribution in [2.75, 3.05) is 29.1 Å². The summed E-state index contributed by atoms with van der Waals surface area (Å²) in [4.78, 5) is 24.9. The van der Waals surface area contributed by atoms with Crippen molar-refractivity contribution in [2.45, 2.75) is 6.92 Å². The Labute approximate surface area is 192 Å². The minimum Gasteiger partial charge on any atom is -0.494 e. The van der Waals surface area contributed by atoms with Gasteiger partial charge in [-0.05, 0) is 66.9 Å². The molecule has 0 aromatic heterocycles. The average molecular weight is 440 g/mol. The summed E-state index contributed by atoms with van der Waals surface area (Å²) in [6, 6.07) is 27.9. The summed E-state index contributed by atoms with van der Waals surface area (Å²) in [5.41, 5.74) is 2.71. The molecule has 4 aromatic rings. The Morgan fingerprint density at radius 3 is 2.18 bits per heavy atom. The first-order chi connectivity index (χ1) is 16.1. The Morgan fingerprint density at radius 2 is 1.42 bits per heavy atom. The third-order valence-electron chi connectivity index (χ3n) is 5.08. The molecule has 0 spiro atoms. The number of amides is 2. The van der Waals surface area contributed by atoms with E-state index in [1.54, 1.807) is 36.4 Å². The minimum atomic E-state index is -0.227. The summed E-state index contributed by atoms with van der Waals surface area (Å²) in [6.07, 6.45) is 0. The van der Waals surface area contributed by atoms with Gasteiger partial charge in [0.25, 0.3) is 5.91 Å². The number of benzene rings is 4. The zero-order chi connectivity index (χ0) is 23.0. The van der Waals surface area contributed by atoms with E-state index in [0.29, 0.717) is 23.5 Å². The Morgan fingerprint density at radius 1 is 0.758 bits per heavy atom. The van der Waals surface area contributed by atoms with Crippen LogP contribution in [0.25, 0.3) is 10.8 Å². The number of carbonyl (C=O) groups excluding carboxylic acids is 2. The van der Waals surface area contributed by atoms with Gasteiger partial charge in [0.2, 0.25) is 5.91 Å². The fraction of sp³-hybridized carbons (Fsp3) is 0.111. The van der Waals surface area contributed by atoms with E-state index in [9.17, 15) is 9.59 Å². The standard InChI is InChI=1S/C27H25N3O3/c1-2-33-23-16-14-22(15-17-23)30-27(32)20-10-12-21(13-11-20)29-26(31)18-28-25-9-5-7-19-6-3-4-8-24(19)25/h3-17,28H,2,18H2,1H3,(H,29,31)(H,30,32). The van der Waals surface area contributed by atoms with Gasteiger partial charge >= 0.3 is 0 Å². The monoisotopic (exact) mass is 439 g/mol. The van der Waals surface area contributed by atoms with Crippen LogP contribution in [0.4, 0.5) is 17.1 Å². The van der Waals surface area contributed by atoms with Gasteiger partial charge < -0.3 is 20.7 Å². The van der Waals surface area contributed by atoms with Gasteiger partial charge in [0, 0.05) is 28.0 Å². The first-order valence-electron chi connectivity index (χ1n) is 10.8. The molecule has 0 aliphatic rings. The first kappa shape index (κ1) is 21.9. The number of rotatable bonds is 8. The second-order valence-corrected chi connectivity index (χ2v) is 7.42. The third kappa shape index (κ3) is 5.68. The summed E-state index contributed by atoms with van der Waals surface area (Å²) in [5.74, 6) is 0.356. The normalized spacial score (nSPS) is 10.5. The predicted molar refractivity (Wildman–Crippen MR) is 133 cm³/mol. The second kappa shape index (κ2) is 10.3. The van der Waals surface area contributed by atoms with Gasteiger partial charge in [-0.15, -0.1) is 0 Å². The molecule has 0 bridgehead atoms. The van der Waals surface area contributed by atoms with E-state index < -0.39 is 0 Å². The highest BCUT2D eigenvalue weighted by Crippen LogP contribution is 2.23. The molecule has 0 aliphatic carbocycles. The van der Waals surface area contributed by atoms with Crippen molar-refractivity contribution in [2.24, 2.45) is 0 Å². The van der Waals surface area contributed by atoms with Crippen molar-refractivity contribution in [1.29, 1.82) is 0 Å². The van der Waals surface area contributed by atoms with Gasteiger partial charge in [0.15, 0.2) is 0 Å². The summed E-state index contributed by atoms with van der Waals surface area (Å²) < 4.78 is 5.40. The van der Waals surface area contributed by atoms with E-state index in [1.165, 1.54) is 0 Å². The van der Waals surface area contributed by atoms with Crippen molar-refractivity contribution in [3.63, 3.8) is 0 Å². The van der Waals surface area contributed by atoms with Crippen LogP contribution in [-0.2, 0) is 4.79 Å². The highest BCUT2D eigenvalue weighted by Gasteiger charge is 2.08. The van der Waals surface area contributed by atoms with E-state index in [4.69, 9.17) is 4.74 Å². The van der Waals surface area contributed by atoms with Crippen LogP contribution in [0.5, 0.6) is 5.75 Å². The molecule has 2 amide bonds. The molecule has 0 saturated heterocycles. The zero-order valence-electron chi connectivity index (χ0n) is 18.3. The molecule has 0 heterocycles. The van der Waals surface area contributed by atoms with Gasteiger partial charge in [-0.1, -0.05) is 36.4 Å². The summed E-state index contributed by atoms with van der Waals surface area (Å²) in [6.45, 7) is 2.64. The molecule has 6 heteroatoms. The van der Waals surface area contributed by atoms with Crippen LogP contribution in [0.15, 0.2) is 91.0 Å². The largest absolute Gasteiger partial charge is 0.494 e. The van der Waals surface area contributed by atoms with Gasteiger partial charge in [-0.2, -0.15) is 0 Å². The Balaban J connectivity index is 1.31. The fourth-order valence-electron chi connectivity index (χ4n) is 3.47. The van der Waals surface area contributed by atoms with Crippen molar-refractivity contribution < 1.29 is 14.3 Å². The second-order valence-electron chi connectivity index (χ2n) is 7.42. The van der Waals surface area contributed by atoms with Gasteiger partial charge in [0.05, 0.1) is 13.2 Å². The van der Waals surface area contributed by atoms with Crippen LogP contribution in [0, 0.1) is 0 Å². The number of hydrogen-bond acceptors (Lipinski definition) is 4.